The van der Waals surface area contributed by atoms with Crippen LogP contribution in [0.1, 0.15) is 43.2 Å². The molecule has 0 amide bonds. The SMILES string of the molecule is CN=C(NCc1ccccc1CN1CCCCCC1)N1CCC(CN2CCOCC2)C1. The Labute approximate surface area is 188 Å². The van der Waals surface area contributed by atoms with Crippen LogP contribution in [0, 0.1) is 5.92 Å². The highest BCUT2D eigenvalue weighted by molar-refractivity contribution is 5.80. The first-order chi connectivity index (χ1) is 15.3. The van der Waals surface area contributed by atoms with Gasteiger partial charge in [-0.05, 0) is 49.4 Å². The molecule has 0 bridgehead atoms. The minimum atomic E-state index is 0.729. The van der Waals surface area contributed by atoms with E-state index >= 15 is 0 Å². The number of aliphatic imine (C=N–C) groups is 1. The molecule has 0 saturated carbocycles. The van der Waals surface area contributed by atoms with Crippen LogP contribution < -0.4 is 5.32 Å². The molecular weight excluding hydrogens is 386 g/mol. The zero-order chi connectivity index (χ0) is 21.3. The molecule has 0 aromatic heterocycles. The Morgan fingerprint density at radius 1 is 0.968 bits per heavy atom. The van der Waals surface area contributed by atoms with Gasteiger partial charge in [-0.3, -0.25) is 14.8 Å². The quantitative estimate of drug-likeness (QED) is 0.559. The van der Waals surface area contributed by atoms with Crippen LogP contribution in [-0.4, -0.2) is 86.7 Å². The Morgan fingerprint density at radius 2 is 1.71 bits per heavy atom. The third-order valence-corrected chi connectivity index (χ3v) is 7.07. The van der Waals surface area contributed by atoms with E-state index in [2.05, 4.69) is 49.3 Å². The summed E-state index contributed by atoms with van der Waals surface area (Å²) in [5.74, 6) is 1.78. The van der Waals surface area contributed by atoms with Gasteiger partial charge in [-0.15, -0.1) is 0 Å². The third kappa shape index (κ3) is 6.67. The molecule has 1 N–H and O–H groups in total. The normalized spacial score (nSPS) is 24.4. The lowest BCUT2D eigenvalue weighted by Gasteiger charge is -2.29. The molecule has 172 valence electrons. The fraction of sp³-hybridized carbons (Fsp3) is 0.720. The molecular formula is C25H41N5O. The molecule has 1 aromatic carbocycles. The van der Waals surface area contributed by atoms with Crippen LogP contribution in [-0.2, 0) is 17.8 Å². The van der Waals surface area contributed by atoms with Gasteiger partial charge in [-0.1, -0.05) is 37.1 Å². The number of hydrogen-bond donors (Lipinski definition) is 1. The lowest BCUT2D eigenvalue weighted by molar-refractivity contribution is 0.0315. The highest BCUT2D eigenvalue weighted by Crippen LogP contribution is 2.19. The lowest BCUT2D eigenvalue weighted by Crippen LogP contribution is -2.42. The van der Waals surface area contributed by atoms with Crippen LogP contribution in [0.2, 0.25) is 0 Å². The predicted octanol–water partition coefficient (Wildman–Crippen LogP) is 2.79. The Balaban J connectivity index is 1.29. The van der Waals surface area contributed by atoms with Crippen molar-refractivity contribution >= 4 is 5.96 Å². The standard InChI is InChI=1S/C25H41N5O/c1-26-25(30-13-10-22(20-30)19-29-14-16-31-17-15-29)27-18-23-8-4-5-9-24(23)21-28-11-6-2-3-7-12-28/h4-5,8-9,22H,2-3,6-7,10-21H2,1H3,(H,26,27). The van der Waals surface area contributed by atoms with E-state index in [1.165, 1.54) is 62.9 Å². The first-order valence-corrected chi connectivity index (χ1v) is 12.4. The summed E-state index contributed by atoms with van der Waals surface area (Å²) in [6.07, 6.45) is 6.71. The van der Waals surface area contributed by atoms with Gasteiger partial charge >= 0.3 is 0 Å². The van der Waals surface area contributed by atoms with E-state index < -0.39 is 0 Å². The van der Waals surface area contributed by atoms with Crippen molar-refractivity contribution in [2.45, 2.75) is 45.2 Å². The van der Waals surface area contributed by atoms with Crippen LogP contribution in [0.4, 0.5) is 0 Å². The maximum absolute atomic E-state index is 5.49. The number of ether oxygens (including phenoxy) is 1. The van der Waals surface area contributed by atoms with E-state index in [9.17, 15) is 0 Å². The van der Waals surface area contributed by atoms with Gasteiger partial charge in [0.15, 0.2) is 5.96 Å². The highest BCUT2D eigenvalue weighted by atomic mass is 16.5. The van der Waals surface area contributed by atoms with Crippen LogP contribution in [0.25, 0.3) is 0 Å². The number of guanidine groups is 1. The zero-order valence-corrected chi connectivity index (χ0v) is 19.4. The fourth-order valence-corrected chi connectivity index (χ4v) is 5.25. The molecule has 3 fully saturated rings. The maximum Gasteiger partial charge on any atom is 0.193 e. The summed E-state index contributed by atoms with van der Waals surface area (Å²) in [4.78, 5) is 12.3. The molecule has 3 saturated heterocycles. The molecule has 0 radical (unpaired) electrons. The molecule has 0 spiro atoms. The van der Waals surface area contributed by atoms with E-state index in [4.69, 9.17) is 4.74 Å². The van der Waals surface area contributed by atoms with Gasteiger partial charge in [-0.25, -0.2) is 0 Å². The average molecular weight is 428 g/mol. The summed E-state index contributed by atoms with van der Waals surface area (Å²) in [6.45, 7) is 11.7. The van der Waals surface area contributed by atoms with Crippen molar-refractivity contribution < 1.29 is 4.74 Å². The van der Waals surface area contributed by atoms with Crippen molar-refractivity contribution in [2.24, 2.45) is 10.9 Å². The van der Waals surface area contributed by atoms with E-state index in [-0.39, 0.29) is 0 Å². The maximum atomic E-state index is 5.49. The van der Waals surface area contributed by atoms with Crippen molar-refractivity contribution in [3.63, 3.8) is 0 Å². The van der Waals surface area contributed by atoms with Gasteiger partial charge in [0.1, 0.15) is 0 Å². The van der Waals surface area contributed by atoms with Gasteiger partial charge in [0, 0.05) is 52.9 Å². The molecule has 6 nitrogen and oxygen atoms in total. The highest BCUT2D eigenvalue weighted by Gasteiger charge is 2.27. The largest absolute Gasteiger partial charge is 0.379 e. The molecule has 6 heteroatoms. The smallest absolute Gasteiger partial charge is 0.193 e. The number of rotatable bonds is 6. The van der Waals surface area contributed by atoms with Crippen molar-refractivity contribution in [1.82, 2.24) is 20.0 Å². The van der Waals surface area contributed by atoms with E-state index in [0.717, 1.165) is 64.4 Å². The number of benzene rings is 1. The summed E-state index contributed by atoms with van der Waals surface area (Å²) in [5.41, 5.74) is 2.86. The first-order valence-electron chi connectivity index (χ1n) is 12.4. The summed E-state index contributed by atoms with van der Waals surface area (Å²) in [5, 5.41) is 3.67. The second-order valence-corrected chi connectivity index (χ2v) is 9.37. The summed E-state index contributed by atoms with van der Waals surface area (Å²) < 4.78 is 5.49. The fourth-order valence-electron chi connectivity index (χ4n) is 5.25. The van der Waals surface area contributed by atoms with Crippen LogP contribution in [0.5, 0.6) is 0 Å². The molecule has 3 heterocycles. The molecule has 4 rings (SSSR count). The average Bonchev–Trinajstić information content (AvgIpc) is 3.10. The van der Waals surface area contributed by atoms with E-state index in [0.29, 0.717) is 0 Å². The van der Waals surface area contributed by atoms with Crippen LogP contribution >= 0.6 is 0 Å². The number of nitrogens with one attached hydrogen (secondary N) is 1. The van der Waals surface area contributed by atoms with Gasteiger partial charge in [0.2, 0.25) is 0 Å². The Morgan fingerprint density at radius 3 is 2.45 bits per heavy atom. The second-order valence-electron chi connectivity index (χ2n) is 9.37. The third-order valence-electron chi connectivity index (χ3n) is 7.07. The molecule has 1 unspecified atom stereocenters. The zero-order valence-electron chi connectivity index (χ0n) is 19.4. The molecule has 1 atom stereocenters. The van der Waals surface area contributed by atoms with Crippen LogP contribution in [0.3, 0.4) is 0 Å². The predicted molar refractivity (Wildman–Crippen MR) is 127 cm³/mol. The Bertz CT molecular complexity index is 695. The number of nitrogens with zero attached hydrogens (tertiary/aromatic N) is 4. The van der Waals surface area contributed by atoms with Crippen molar-refractivity contribution in [3.05, 3.63) is 35.4 Å². The summed E-state index contributed by atoms with van der Waals surface area (Å²) >= 11 is 0. The first kappa shape index (κ1) is 22.6. The molecule has 3 aliphatic heterocycles. The molecule has 3 aliphatic rings. The van der Waals surface area contributed by atoms with Crippen molar-refractivity contribution in [3.8, 4) is 0 Å². The molecule has 31 heavy (non-hydrogen) atoms. The minimum Gasteiger partial charge on any atom is -0.379 e. The molecule has 1 aromatic rings. The molecule has 0 aliphatic carbocycles. The van der Waals surface area contributed by atoms with Gasteiger partial charge < -0.3 is 15.0 Å². The second kappa shape index (κ2) is 11.8. The Kier molecular flexibility index (Phi) is 8.62. The Hall–Kier alpha value is -1.63. The van der Waals surface area contributed by atoms with Crippen molar-refractivity contribution in [1.29, 1.82) is 0 Å². The van der Waals surface area contributed by atoms with Crippen molar-refractivity contribution in [2.75, 3.05) is 66.1 Å². The number of morpholine rings is 1. The topological polar surface area (TPSA) is 43.3 Å². The lowest BCUT2D eigenvalue weighted by atomic mass is 10.1. The van der Waals surface area contributed by atoms with E-state index in [1.807, 2.05) is 7.05 Å². The monoisotopic (exact) mass is 427 g/mol. The summed E-state index contributed by atoms with van der Waals surface area (Å²) in [7, 11) is 1.92. The van der Waals surface area contributed by atoms with Crippen LogP contribution in [0.15, 0.2) is 29.3 Å². The van der Waals surface area contributed by atoms with Gasteiger partial charge in [-0.2, -0.15) is 0 Å². The number of hydrogen-bond acceptors (Lipinski definition) is 4. The van der Waals surface area contributed by atoms with Gasteiger partial charge in [0.25, 0.3) is 0 Å². The summed E-state index contributed by atoms with van der Waals surface area (Å²) in [6, 6.07) is 8.93. The minimum absolute atomic E-state index is 0.729. The van der Waals surface area contributed by atoms with E-state index in [1.54, 1.807) is 0 Å². The van der Waals surface area contributed by atoms with Gasteiger partial charge in [0.05, 0.1) is 13.2 Å². The number of likely N-dealkylation sites (tertiary alicyclic amines) is 2.